The standard InChI is InChI=1S/C15H16BrNO/c1-2-14(17)11-6-5-7-12(10-11)18-15-9-4-3-8-13(15)16/h3-10,14H,2,17H2,1H3. The van der Waals surface area contributed by atoms with Gasteiger partial charge in [0.2, 0.25) is 0 Å². The number of ether oxygens (including phenoxy) is 1. The molecule has 0 fully saturated rings. The second-order valence-corrected chi connectivity index (χ2v) is 4.97. The molecule has 0 bridgehead atoms. The van der Waals surface area contributed by atoms with E-state index in [1.807, 2.05) is 48.5 Å². The van der Waals surface area contributed by atoms with Gasteiger partial charge in [-0.05, 0) is 52.2 Å². The van der Waals surface area contributed by atoms with E-state index in [2.05, 4.69) is 22.9 Å². The van der Waals surface area contributed by atoms with Crippen LogP contribution in [0, 0.1) is 0 Å². The minimum Gasteiger partial charge on any atom is -0.456 e. The number of hydrogen-bond acceptors (Lipinski definition) is 2. The lowest BCUT2D eigenvalue weighted by molar-refractivity contribution is 0.478. The molecule has 94 valence electrons. The zero-order chi connectivity index (χ0) is 13.0. The summed E-state index contributed by atoms with van der Waals surface area (Å²) in [6.45, 7) is 2.08. The Hall–Kier alpha value is -1.32. The van der Waals surface area contributed by atoms with Crippen LogP contribution in [0.5, 0.6) is 11.5 Å². The highest BCUT2D eigenvalue weighted by Gasteiger charge is 2.06. The molecule has 2 rings (SSSR count). The highest BCUT2D eigenvalue weighted by atomic mass is 79.9. The fourth-order valence-corrected chi connectivity index (χ4v) is 2.06. The third kappa shape index (κ3) is 3.12. The van der Waals surface area contributed by atoms with Gasteiger partial charge in [0.25, 0.3) is 0 Å². The number of hydrogen-bond donors (Lipinski definition) is 1. The third-order valence-electron chi connectivity index (χ3n) is 2.79. The lowest BCUT2D eigenvalue weighted by atomic mass is 10.1. The first-order chi connectivity index (χ1) is 8.70. The summed E-state index contributed by atoms with van der Waals surface area (Å²) < 4.78 is 6.78. The maximum atomic E-state index is 6.02. The molecule has 0 aliphatic carbocycles. The molecule has 2 nitrogen and oxygen atoms in total. The van der Waals surface area contributed by atoms with E-state index in [9.17, 15) is 0 Å². The van der Waals surface area contributed by atoms with Crippen LogP contribution < -0.4 is 10.5 Å². The van der Waals surface area contributed by atoms with Gasteiger partial charge in [0.05, 0.1) is 4.47 Å². The third-order valence-corrected chi connectivity index (χ3v) is 3.45. The first kappa shape index (κ1) is 13.1. The average molecular weight is 306 g/mol. The van der Waals surface area contributed by atoms with E-state index in [4.69, 9.17) is 10.5 Å². The minimum absolute atomic E-state index is 0.0627. The van der Waals surface area contributed by atoms with E-state index in [-0.39, 0.29) is 6.04 Å². The first-order valence-electron chi connectivity index (χ1n) is 5.98. The molecule has 0 saturated heterocycles. The van der Waals surface area contributed by atoms with Crippen LogP contribution in [0.15, 0.2) is 53.0 Å². The van der Waals surface area contributed by atoms with Crippen LogP contribution in [0.2, 0.25) is 0 Å². The minimum atomic E-state index is 0.0627. The van der Waals surface area contributed by atoms with Gasteiger partial charge in [-0.3, -0.25) is 0 Å². The summed E-state index contributed by atoms with van der Waals surface area (Å²) in [4.78, 5) is 0. The molecule has 0 aliphatic rings. The van der Waals surface area contributed by atoms with Crippen molar-refractivity contribution in [3.05, 3.63) is 58.6 Å². The lowest BCUT2D eigenvalue weighted by Gasteiger charge is -2.12. The summed E-state index contributed by atoms with van der Waals surface area (Å²) in [7, 11) is 0. The van der Waals surface area contributed by atoms with Crippen molar-refractivity contribution >= 4 is 15.9 Å². The molecule has 1 atom stereocenters. The van der Waals surface area contributed by atoms with Crippen LogP contribution in [0.25, 0.3) is 0 Å². The number of halogens is 1. The molecule has 0 amide bonds. The molecule has 2 aromatic carbocycles. The van der Waals surface area contributed by atoms with E-state index < -0.39 is 0 Å². The summed E-state index contributed by atoms with van der Waals surface area (Å²) in [6, 6.07) is 15.8. The summed E-state index contributed by atoms with van der Waals surface area (Å²) in [5.74, 6) is 1.61. The molecular weight excluding hydrogens is 290 g/mol. The first-order valence-corrected chi connectivity index (χ1v) is 6.78. The van der Waals surface area contributed by atoms with Crippen molar-refractivity contribution in [1.82, 2.24) is 0 Å². The Balaban J connectivity index is 2.22. The second kappa shape index (κ2) is 6.03. The summed E-state index contributed by atoms with van der Waals surface area (Å²) >= 11 is 3.47. The molecule has 3 heteroatoms. The highest BCUT2D eigenvalue weighted by molar-refractivity contribution is 9.10. The Morgan fingerprint density at radius 1 is 1.17 bits per heavy atom. The van der Waals surface area contributed by atoms with Gasteiger partial charge in [0.15, 0.2) is 0 Å². The normalized spacial score (nSPS) is 12.2. The smallest absolute Gasteiger partial charge is 0.141 e. The molecule has 0 saturated carbocycles. The van der Waals surface area contributed by atoms with Gasteiger partial charge >= 0.3 is 0 Å². The Bertz CT molecular complexity index is 527. The molecule has 0 radical (unpaired) electrons. The molecular formula is C15H16BrNO. The Kier molecular flexibility index (Phi) is 4.39. The number of nitrogens with two attached hydrogens (primary N) is 1. The fourth-order valence-electron chi connectivity index (χ4n) is 1.70. The van der Waals surface area contributed by atoms with Crippen molar-refractivity contribution in [3.8, 4) is 11.5 Å². The Morgan fingerprint density at radius 3 is 2.67 bits per heavy atom. The molecule has 2 aromatic rings. The van der Waals surface area contributed by atoms with Crippen LogP contribution in [0.1, 0.15) is 24.9 Å². The van der Waals surface area contributed by atoms with Crippen LogP contribution in [-0.4, -0.2) is 0 Å². The van der Waals surface area contributed by atoms with E-state index >= 15 is 0 Å². The topological polar surface area (TPSA) is 35.2 Å². The zero-order valence-corrected chi connectivity index (χ0v) is 11.9. The molecule has 0 aliphatic heterocycles. The van der Waals surface area contributed by atoms with E-state index in [0.717, 1.165) is 28.0 Å². The Labute approximate surface area is 116 Å². The largest absolute Gasteiger partial charge is 0.456 e. The van der Waals surface area contributed by atoms with Crippen LogP contribution in [0.3, 0.4) is 0 Å². The predicted octanol–water partition coefficient (Wildman–Crippen LogP) is 4.65. The SMILES string of the molecule is CCC(N)c1cccc(Oc2ccccc2Br)c1. The highest BCUT2D eigenvalue weighted by Crippen LogP contribution is 2.30. The monoisotopic (exact) mass is 305 g/mol. The van der Waals surface area contributed by atoms with Crippen molar-refractivity contribution in [2.24, 2.45) is 5.73 Å². The summed E-state index contributed by atoms with van der Waals surface area (Å²) in [5, 5.41) is 0. The van der Waals surface area contributed by atoms with Gasteiger partial charge in [-0.15, -0.1) is 0 Å². The zero-order valence-electron chi connectivity index (χ0n) is 10.3. The van der Waals surface area contributed by atoms with Gasteiger partial charge in [0.1, 0.15) is 11.5 Å². The van der Waals surface area contributed by atoms with Gasteiger partial charge in [-0.2, -0.15) is 0 Å². The van der Waals surface area contributed by atoms with Gasteiger partial charge in [-0.25, -0.2) is 0 Å². The van der Waals surface area contributed by atoms with Crippen LogP contribution in [-0.2, 0) is 0 Å². The molecule has 0 spiro atoms. The van der Waals surface area contributed by atoms with Crippen molar-refractivity contribution in [1.29, 1.82) is 0 Å². The predicted molar refractivity (Wildman–Crippen MR) is 77.9 cm³/mol. The number of para-hydroxylation sites is 1. The maximum absolute atomic E-state index is 6.02. The molecule has 1 unspecified atom stereocenters. The second-order valence-electron chi connectivity index (χ2n) is 4.12. The molecule has 2 N–H and O–H groups in total. The van der Waals surface area contributed by atoms with E-state index in [1.54, 1.807) is 0 Å². The Morgan fingerprint density at radius 2 is 1.94 bits per heavy atom. The quantitative estimate of drug-likeness (QED) is 0.892. The number of benzene rings is 2. The molecule has 0 heterocycles. The van der Waals surface area contributed by atoms with Crippen molar-refractivity contribution in [2.45, 2.75) is 19.4 Å². The van der Waals surface area contributed by atoms with Crippen LogP contribution >= 0.6 is 15.9 Å². The summed E-state index contributed by atoms with van der Waals surface area (Å²) in [6.07, 6.45) is 0.915. The van der Waals surface area contributed by atoms with Gasteiger partial charge in [-0.1, -0.05) is 31.2 Å². The van der Waals surface area contributed by atoms with E-state index in [1.165, 1.54) is 0 Å². The average Bonchev–Trinajstić information content (AvgIpc) is 2.41. The number of rotatable bonds is 4. The van der Waals surface area contributed by atoms with Crippen LogP contribution in [0.4, 0.5) is 0 Å². The molecule has 0 aromatic heterocycles. The van der Waals surface area contributed by atoms with Crippen molar-refractivity contribution < 1.29 is 4.74 Å². The fraction of sp³-hybridized carbons (Fsp3) is 0.200. The van der Waals surface area contributed by atoms with Crippen molar-refractivity contribution in [2.75, 3.05) is 0 Å². The van der Waals surface area contributed by atoms with E-state index in [0.29, 0.717) is 0 Å². The van der Waals surface area contributed by atoms with Gasteiger partial charge < -0.3 is 10.5 Å². The van der Waals surface area contributed by atoms with Crippen molar-refractivity contribution in [3.63, 3.8) is 0 Å². The lowest BCUT2D eigenvalue weighted by Crippen LogP contribution is -2.08. The summed E-state index contributed by atoms with van der Waals surface area (Å²) in [5.41, 5.74) is 7.12. The maximum Gasteiger partial charge on any atom is 0.141 e. The molecule has 18 heavy (non-hydrogen) atoms. The van der Waals surface area contributed by atoms with Gasteiger partial charge in [0, 0.05) is 6.04 Å².